The molecule has 0 aliphatic heterocycles. The van der Waals surface area contributed by atoms with Crippen LogP contribution in [0.2, 0.25) is 0 Å². The lowest BCUT2D eigenvalue weighted by Gasteiger charge is -2.13. The fraction of sp³-hybridized carbons (Fsp3) is 0.364. The van der Waals surface area contributed by atoms with Gasteiger partial charge in [-0.2, -0.15) is 0 Å². The van der Waals surface area contributed by atoms with Crippen LogP contribution in [0.4, 0.5) is 5.82 Å². The van der Waals surface area contributed by atoms with Gasteiger partial charge in [0.05, 0.1) is 12.6 Å². The molecule has 2 N–H and O–H groups in total. The Hall–Kier alpha value is -2.66. The van der Waals surface area contributed by atoms with Crippen molar-refractivity contribution < 1.29 is 4.74 Å². The van der Waals surface area contributed by atoms with Gasteiger partial charge in [-0.1, -0.05) is 12.1 Å². The maximum Gasteiger partial charge on any atom is 0.137 e. The minimum Gasteiger partial charge on any atom is -0.496 e. The normalized spacial score (nSPS) is 16.5. The fourth-order valence-electron chi connectivity index (χ4n) is 3.41. The van der Waals surface area contributed by atoms with Crippen molar-refractivity contribution in [2.45, 2.75) is 44.3 Å². The SMILES string of the molecule is COc1ccc(-c2ccc3ncnc(NC4CC4)c3c2)cc1CNC1CC1. The van der Waals surface area contributed by atoms with Crippen molar-refractivity contribution in [2.75, 3.05) is 12.4 Å². The third-order valence-corrected chi connectivity index (χ3v) is 5.33. The first kappa shape index (κ1) is 16.5. The van der Waals surface area contributed by atoms with Crippen LogP contribution in [-0.4, -0.2) is 29.2 Å². The molecule has 1 heterocycles. The van der Waals surface area contributed by atoms with Crippen molar-refractivity contribution >= 4 is 16.7 Å². The number of rotatable bonds is 7. The third kappa shape index (κ3) is 3.60. The van der Waals surface area contributed by atoms with Crippen molar-refractivity contribution in [3.05, 3.63) is 48.3 Å². The van der Waals surface area contributed by atoms with Gasteiger partial charge in [0.1, 0.15) is 17.9 Å². The molecule has 3 aromatic rings. The van der Waals surface area contributed by atoms with E-state index in [4.69, 9.17) is 4.74 Å². The van der Waals surface area contributed by atoms with E-state index in [-0.39, 0.29) is 0 Å². The summed E-state index contributed by atoms with van der Waals surface area (Å²) in [6.45, 7) is 0.840. The van der Waals surface area contributed by atoms with Gasteiger partial charge in [-0.3, -0.25) is 0 Å². The second-order valence-electron chi connectivity index (χ2n) is 7.55. The molecular weight excluding hydrogens is 336 g/mol. The van der Waals surface area contributed by atoms with Gasteiger partial charge in [0, 0.05) is 29.6 Å². The van der Waals surface area contributed by atoms with E-state index < -0.39 is 0 Å². The summed E-state index contributed by atoms with van der Waals surface area (Å²) in [4.78, 5) is 8.89. The van der Waals surface area contributed by atoms with E-state index in [9.17, 15) is 0 Å². The van der Waals surface area contributed by atoms with Crippen molar-refractivity contribution in [1.29, 1.82) is 0 Å². The molecular formula is C22H24N4O. The van der Waals surface area contributed by atoms with E-state index in [2.05, 4.69) is 57.0 Å². The fourth-order valence-corrected chi connectivity index (χ4v) is 3.41. The molecule has 1 aromatic heterocycles. The second-order valence-corrected chi connectivity index (χ2v) is 7.55. The smallest absolute Gasteiger partial charge is 0.137 e. The molecule has 2 aliphatic rings. The molecule has 2 fully saturated rings. The monoisotopic (exact) mass is 360 g/mol. The van der Waals surface area contributed by atoms with Crippen molar-refractivity contribution in [1.82, 2.24) is 15.3 Å². The topological polar surface area (TPSA) is 59.1 Å². The average molecular weight is 360 g/mol. The van der Waals surface area contributed by atoms with Gasteiger partial charge >= 0.3 is 0 Å². The number of ether oxygens (including phenoxy) is 1. The first-order chi connectivity index (χ1) is 13.3. The molecule has 0 amide bonds. The van der Waals surface area contributed by atoms with Gasteiger partial charge in [0.2, 0.25) is 0 Å². The molecule has 0 spiro atoms. The Kier molecular flexibility index (Phi) is 4.17. The number of hydrogen-bond acceptors (Lipinski definition) is 5. The average Bonchev–Trinajstić information content (AvgIpc) is 3.61. The predicted octanol–water partition coefficient (Wildman–Crippen LogP) is 4.13. The minimum atomic E-state index is 0.563. The number of fused-ring (bicyclic) bond motifs is 1. The van der Waals surface area contributed by atoms with Gasteiger partial charge in [-0.15, -0.1) is 0 Å². The van der Waals surface area contributed by atoms with Gasteiger partial charge in [0.15, 0.2) is 0 Å². The van der Waals surface area contributed by atoms with Crippen molar-refractivity contribution in [2.24, 2.45) is 0 Å². The van der Waals surface area contributed by atoms with Crippen LogP contribution < -0.4 is 15.4 Å². The first-order valence-corrected chi connectivity index (χ1v) is 9.72. The van der Waals surface area contributed by atoms with E-state index in [0.717, 1.165) is 29.0 Å². The lowest BCUT2D eigenvalue weighted by molar-refractivity contribution is 0.407. The number of nitrogens with zero attached hydrogens (tertiary/aromatic N) is 2. The van der Waals surface area contributed by atoms with E-state index in [1.807, 2.05) is 0 Å². The minimum absolute atomic E-state index is 0.563. The Bertz CT molecular complexity index is 979. The van der Waals surface area contributed by atoms with Crippen LogP contribution in [0.1, 0.15) is 31.2 Å². The van der Waals surface area contributed by atoms with Crippen LogP contribution in [0, 0.1) is 0 Å². The summed E-state index contributed by atoms with van der Waals surface area (Å²) in [6.07, 6.45) is 6.65. The van der Waals surface area contributed by atoms with Crippen molar-refractivity contribution in [3.8, 4) is 16.9 Å². The molecule has 5 nitrogen and oxygen atoms in total. The van der Waals surface area contributed by atoms with Gasteiger partial charge in [0.25, 0.3) is 0 Å². The molecule has 2 aromatic carbocycles. The lowest BCUT2D eigenvalue weighted by Crippen LogP contribution is -2.15. The van der Waals surface area contributed by atoms with E-state index >= 15 is 0 Å². The number of benzene rings is 2. The summed E-state index contributed by atoms with van der Waals surface area (Å²) in [5.41, 5.74) is 4.53. The summed E-state index contributed by atoms with van der Waals surface area (Å²) < 4.78 is 5.56. The Balaban J connectivity index is 1.50. The summed E-state index contributed by atoms with van der Waals surface area (Å²) >= 11 is 0. The number of methoxy groups -OCH3 is 1. The molecule has 2 saturated carbocycles. The highest BCUT2D eigenvalue weighted by atomic mass is 16.5. The molecule has 5 heteroatoms. The summed E-state index contributed by atoms with van der Waals surface area (Å²) in [5, 5.41) is 8.19. The zero-order valence-corrected chi connectivity index (χ0v) is 15.5. The van der Waals surface area contributed by atoms with Crippen LogP contribution in [0.5, 0.6) is 5.75 Å². The quantitative estimate of drug-likeness (QED) is 0.663. The van der Waals surface area contributed by atoms with Gasteiger partial charge in [-0.25, -0.2) is 9.97 Å². The maximum absolute atomic E-state index is 5.56. The predicted molar refractivity (Wildman–Crippen MR) is 108 cm³/mol. The summed E-state index contributed by atoms with van der Waals surface area (Å²) in [6, 6.07) is 14.1. The maximum atomic E-state index is 5.56. The van der Waals surface area contributed by atoms with Gasteiger partial charge < -0.3 is 15.4 Å². The Labute approximate surface area is 159 Å². The Morgan fingerprint density at radius 3 is 2.52 bits per heavy atom. The van der Waals surface area contributed by atoms with Crippen LogP contribution in [0.25, 0.3) is 22.0 Å². The summed E-state index contributed by atoms with van der Waals surface area (Å²) in [5.74, 6) is 1.88. The molecule has 2 aliphatic carbocycles. The number of anilines is 1. The molecule has 5 rings (SSSR count). The summed E-state index contributed by atoms with van der Waals surface area (Å²) in [7, 11) is 1.73. The lowest BCUT2D eigenvalue weighted by atomic mass is 10.0. The van der Waals surface area contributed by atoms with E-state index in [1.54, 1.807) is 13.4 Å². The molecule has 138 valence electrons. The molecule has 27 heavy (non-hydrogen) atoms. The Morgan fingerprint density at radius 1 is 0.963 bits per heavy atom. The highest BCUT2D eigenvalue weighted by Gasteiger charge is 2.22. The zero-order chi connectivity index (χ0) is 18.2. The zero-order valence-electron chi connectivity index (χ0n) is 15.5. The number of nitrogens with one attached hydrogen (secondary N) is 2. The second kappa shape index (κ2) is 6.82. The molecule has 0 unspecified atom stereocenters. The Morgan fingerprint density at radius 2 is 1.74 bits per heavy atom. The van der Waals surface area contributed by atoms with E-state index in [1.165, 1.54) is 42.4 Å². The largest absolute Gasteiger partial charge is 0.496 e. The van der Waals surface area contributed by atoms with Crippen LogP contribution >= 0.6 is 0 Å². The highest BCUT2D eigenvalue weighted by molar-refractivity contribution is 5.92. The molecule has 0 radical (unpaired) electrons. The molecule has 0 atom stereocenters. The molecule has 0 saturated heterocycles. The number of hydrogen-bond donors (Lipinski definition) is 2. The van der Waals surface area contributed by atoms with Crippen LogP contribution in [-0.2, 0) is 6.54 Å². The third-order valence-electron chi connectivity index (χ3n) is 5.33. The molecule has 0 bridgehead atoms. The van der Waals surface area contributed by atoms with Gasteiger partial charge in [-0.05, 0) is 61.1 Å². The van der Waals surface area contributed by atoms with Crippen LogP contribution in [0.15, 0.2) is 42.7 Å². The van der Waals surface area contributed by atoms with E-state index in [0.29, 0.717) is 12.1 Å². The number of aromatic nitrogens is 2. The first-order valence-electron chi connectivity index (χ1n) is 9.72. The van der Waals surface area contributed by atoms with Crippen LogP contribution in [0.3, 0.4) is 0 Å². The van der Waals surface area contributed by atoms with Crippen molar-refractivity contribution in [3.63, 3.8) is 0 Å². The standard InChI is InChI=1S/C22H24N4O/c1-27-21-9-3-14(10-16(21)12-23-17-4-5-17)15-2-8-20-19(11-15)22(25-13-24-20)26-18-6-7-18/h2-3,8-11,13,17-18,23H,4-7,12H2,1H3,(H,24,25,26). The highest BCUT2D eigenvalue weighted by Crippen LogP contribution is 2.32.